The third kappa shape index (κ3) is 1.38. The molecule has 76 valence electrons. The van der Waals surface area contributed by atoms with Crippen molar-refractivity contribution in [2.24, 2.45) is 5.92 Å². The summed E-state index contributed by atoms with van der Waals surface area (Å²) in [7, 11) is 0. The first-order valence-corrected chi connectivity index (χ1v) is 5.59. The van der Waals surface area contributed by atoms with E-state index in [0.717, 1.165) is 25.0 Å². The van der Waals surface area contributed by atoms with Gasteiger partial charge in [0.15, 0.2) is 0 Å². The topological polar surface area (TPSA) is 33.4 Å². The first kappa shape index (κ1) is 8.54. The van der Waals surface area contributed by atoms with Crippen LogP contribution >= 0.6 is 0 Å². The van der Waals surface area contributed by atoms with E-state index in [1.165, 1.54) is 24.2 Å². The van der Waals surface area contributed by atoms with Crippen molar-refractivity contribution in [1.82, 2.24) is 0 Å². The highest BCUT2D eigenvalue weighted by molar-refractivity contribution is 5.28. The Kier molecular flexibility index (Phi) is 1.91. The maximum atomic E-state index is 9.10. The number of fused-ring (bicyclic) bond motifs is 1. The standard InChI is InChI=1S/C12H16O2/c13-7-8-1-2-10-6-12(9-3-4-9)14-11(10)5-8/h6,8-9,13H,1-5,7H2. The number of hydrogen-bond acceptors (Lipinski definition) is 2. The summed E-state index contributed by atoms with van der Waals surface area (Å²) in [6.45, 7) is 0.304. The van der Waals surface area contributed by atoms with E-state index in [0.29, 0.717) is 18.4 Å². The minimum absolute atomic E-state index is 0.304. The summed E-state index contributed by atoms with van der Waals surface area (Å²) < 4.78 is 5.85. The number of hydrogen-bond donors (Lipinski definition) is 1. The van der Waals surface area contributed by atoms with Gasteiger partial charge in [0.05, 0.1) is 0 Å². The second-order valence-electron chi connectivity index (χ2n) is 4.66. The number of aliphatic hydroxyl groups excluding tert-OH is 1. The van der Waals surface area contributed by atoms with Gasteiger partial charge in [-0.3, -0.25) is 0 Å². The van der Waals surface area contributed by atoms with Gasteiger partial charge in [-0.1, -0.05) is 0 Å². The Morgan fingerprint density at radius 2 is 2.21 bits per heavy atom. The van der Waals surface area contributed by atoms with Crippen molar-refractivity contribution < 1.29 is 9.52 Å². The molecular weight excluding hydrogens is 176 g/mol. The van der Waals surface area contributed by atoms with E-state index in [-0.39, 0.29) is 0 Å². The quantitative estimate of drug-likeness (QED) is 0.779. The summed E-state index contributed by atoms with van der Waals surface area (Å²) >= 11 is 0. The van der Waals surface area contributed by atoms with E-state index in [9.17, 15) is 0 Å². The zero-order chi connectivity index (χ0) is 9.54. The number of rotatable bonds is 2. The van der Waals surface area contributed by atoms with Crippen LogP contribution in [0.2, 0.25) is 0 Å². The Morgan fingerprint density at radius 1 is 1.36 bits per heavy atom. The summed E-state index contributed by atoms with van der Waals surface area (Å²) in [4.78, 5) is 0. The van der Waals surface area contributed by atoms with Gasteiger partial charge in [0, 0.05) is 18.9 Å². The van der Waals surface area contributed by atoms with E-state index in [2.05, 4.69) is 6.07 Å². The third-order valence-corrected chi connectivity index (χ3v) is 3.45. The number of furan rings is 1. The fourth-order valence-corrected chi connectivity index (χ4v) is 2.32. The van der Waals surface area contributed by atoms with Gasteiger partial charge in [0.25, 0.3) is 0 Å². The fourth-order valence-electron chi connectivity index (χ4n) is 2.32. The predicted molar refractivity (Wildman–Crippen MR) is 53.3 cm³/mol. The lowest BCUT2D eigenvalue weighted by Crippen LogP contribution is -2.15. The molecule has 0 amide bonds. The first-order valence-electron chi connectivity index (χ1n) is 5.59. The molecule has 1 unspecified atom stereocenters. The van der Waals surface area contributed by atoms with E-state index < -0.39 is 0 Å². The SMILES string of the molecule is OCC1CCc2cc(C3CC3)oc2C1. The van der Waals surface area contributed by atoms with Crippen molar-refractivity contribution in [3.05, 3.63) is 23.2 Å². The molecule has 1 N–H and O–H groups in total. The molecule has 1 atom stereocenters. The minimum Gasteiger partial charge on any atom is -0.465 e. The molecule has 2 heteroatoms. The highest BCUT2D eigenvalue weighted by Gasteiger charge is 2.30. The molecule has 0 saturated heterocycles. The first-order chi connectivity index (χ1) is 6.86. The van der Waals surface area contributed by atoms with Gasteiger partial charge >= 0.3 is 0 Å². The van der Waals surface area contributed by atoms with Crippen molar-refractivity contribution in [3.63, 3.8) is 0 Å². The molecule has 14 heavy (non-hydrogen) atoms. The van der Waals surface area contributed by atoms with Crippen LogP contribution in [0.5, 0.6) is 0 Å². The lowest BCUT2D eigenvalue weighted by Gasteiger charge is -2.18. The van der Waals surface area contributed by atoms with E-state index in [1.807, 2.05) is 0 Å². The van der Waals surface area contributed by atoms with Crippen LogP contribution in [-0.2, 0) is 12.8 Å². The molecule has 2 aliphatic carbocycles. The molecule has 2 aliphatic rings. The Morgan fingerprint density at radius 3 is 2.93 bits per heavy atom. The van der Waals surface area contributed by atoms with Gasteiger partial charge in [-0.15, -0.1) is 0 Å². The smallest absolute Gasteiger partial charge is 0.107 e. The normalized spacial score (nSPS) is 26.2. The van der Waals surface area contributed by atoms with E-state index in [1.54, 1.807) is 0 Å². The summed E-state index contributed by atoms with van der Waals surface area (Å²) in [6, 6.07) is 2.25. The van der Waals surface area contributed by atoms with Gasteiger partial charge in [-0.25, -0.2) is 0 Å². The van der Waals surface area contributed by atoms with Gasteiger partial charge in [0.2, 0.25) is 0 Å². The molecule has 0 radical (unpaired) electrons. The van der Waals surface area contributed by atoms with Gasteiger partial charge in [-0.05, 0) is 43.2 Å². The Hall–Kier alpha value is -0.760. The summed E-state index contributed by atoms with van der Waals surface area (Å²) in [5.41, 5.74) is 1.40. The van der Waals surface area contributed by atoms with E-state index >= 15 is 0 Å². The molecule has 1 fully saturated rings. The maximum absolute atomic E-state index is 9.10. The van der Waals surface area contributed by atoms with Crippen molar-refractivity contribution in [2.45, 2.75) is 38.0 Å². The van der Waals surface area contributed by atoms with Crippen molar-refractivity contribution in [1.29, 1.82) is 0 Å². The average molecular weight is 192 g/mol. The highest BCUT2D eigenvalue weighted by atomic mass is 16.3. The van der Waals surface area contributed by atoms with Crippen LogP contribution in [0, 0.1) is 5.92 Å². The second kappa shape index (κ2) is 3.13. The zero-order valence-electron chi connectivity index (χ0n) is 8.33. The lowest BCUT2D eigenvalue weighted by atomic mass is 9.89. The predicted octanol–water partition coefficient (Wildman–Crippen LogP) is 2.25. The third-order valence-electron chi connectivity index (χ3n) is 3.45. The largest absolute Gasteiger partial charge is 0.465 e. The van der Waals surface area contributed by atoms with Crippen LogP contribution in [0.1, 0.15) is 42.3 Å². The molecule has 1 heterocycles. The molecule has 2 nitrogen and oxygen atoms in total. The molecule has 1 saturated carbocycles. The van der Waals surface area contributed by atoms with Crippen molar-refractivity contribution in [3.8, 4) is 0 Å². The van der Waals surface area contributed by atoms with Gasteiger partial charge in [0.1, 0.15) is 11.5 Å². The highest BCUT2D eigenvalue weighted by Crippen LogP contribution is 2.43. The van der Waals surface area contributed by atoms with E-state index in [4.69, 9.17) is 9.52 Å². The fraction of sp³-hybridized carbons (Fsp3) is 0.667. The van der Waals surface area contributed by atoms with Crippen LogP contribution in [0.4, 0.5) is 0 Å². The molecule has 0 aliphatic heterocycles. The van der Waals surface area contributed by atoms with Gasteiger partial charge < -0.3 is 9.52 Å². The summed E-state index contributed by atoms with van der Waals surface area (Å²) in [5, 5.41) is 9.10. The zero-order valence-corrected chi connectivity index (χ0v) is 8.33. The lowest BCUT2D eigenvalue weighted by molar-refractivity contribution is 0.205. The van der Waals surface area contributed by atoms with Crippen LogP contribution in [0.15, 0.2) is 10.5 Å². The molecule has 3 rings (SSSR count). The summed E-state index contributed by atoms with van der Waals surface area (Å²) in [6.07, 6.45) is 5.76. The monoisotopic (exact) mass is 192 g/mol. The maximum Gasteiger partial charge on any atom is 0.107 e. The van der Waals surface area contributed by atoms with Crippen LogP contribution in [0.25, 0.3) is 0 Å². The molecule has 1 aromatic heterocycles. The second-order valence-corrected chi connectivity index (χ2v) is 4.66. The van der Waals surface area contributed by atoms with Crippen LogP contribution in [0.3, 0.4) is 0 Å². The average Bonchev–Trinajstić information content (AvgIpc) is 2.97. The van der Waals surface area contributed by atoms with Crippen molar-refractivity contribution in [2.75, 3.05) is 6.61 Å². The number of aliphatic hydroxyl groups is 1. The van der Waals surface area contributed by atoms with Crippen LogP contribution < -0.4 is 0 Å². The Balaban J connectivity index is 1.85. The van der Waals surface area contributed by atoms with Crippen molar-refractivity contribution >= 4 is 0 Å². The minimum atomic E-state index is 0.304. The molecule has 1 aromatic rings. The summed E-state index contributed by atoms with van der Waals surface area (Å²) in [5.74, 6) is 3.50. The molecule has 0 bridgehead atoms. The molecular formula is C12H16O2. The Bertz CT molecular complexity index is 336. The van der Waals surface area contributed by atoms with Crippen LogP contribution in [-0.4, -0.2) is 11.7 Å². The molecule has 0 aromatic carbocycles. The Labute approximate surface area is 83.9 Å². The molecule has 0 spiro atoms. The van der Waals surface area contributed by atoms with Gasteiger partial charge in [-0.2, -0.15) is 0 Å². The number of aryl methyl sites for hydroxylation is 1.